The molecule has 1 aliphatic heterocycles. The minimum atomic E-state index is -0.329. The van der Waals surface area contributed by atoms with Crippen molar-refractivity contribution >= 4 is 11.7 Å². The maximum atomic E-state index is 12.3. The summed E-state index contributed by atoms with van der Waals surface area (Å²) in [5.74, 6) is 0.765. The van der Waals surface area contributed by atoms with Crippen molar-refractivity contribution in [3.05, 3.63) is 0 Å². The lowest BCUT2D eigenvalue weighted by molar-refractivity contribution is -0.163. The van der Waals surface area contributed by atoms with Gasteiger partial charge in [-0.25, -0.2) is 0 Å². The molecule has 1 saturated heterocycles. The summed E-state index contributed by atoms with van der Waals surface area (Å²) < 4.78 is 0. The van der Waals surface area contributed by atoms with Crippen LogP contribution in [0.2, 0.25) is 0 Å². The molecule has 2 aliphatic rings. The van der Waals surface area contributed by atoms with E-state index in [9.17, 15) is 9.59 Å². The molecule has 0 bridgehead atoms. The van der Waals surface area contributed by atoms with Crippen LogP contribution < -0.4 is 0 Å². The summed E-state index contributed by atoms with van der Waals surface area (Å²) in [6.45, 7) is 6.85. The van der Waals surface area contributed by atoms with Gasteiger partial charge < -0.3 is 4.90 Å². The number of hydrogen-bond donors (Lipinski definition) is 0. The highest BCUT2D eigenvalue weighted by Crippen LogP contribution is 2.53. The van der Waals surface area contributed by atoms with Crippen LogP contribution in [0.25, 0.3) is 0 Å². The number of amides is 1. The third kappa shape index (κ3) is 1.33. The third-order valence-corrected chi connectivity index (χ3v) is 4.82. The summed E-state index contributed by atoms with van der Waals surface area (Å²) in [5, 5.41) is 0. The van der Waals surface area contributed by atoms with Crippen molar-refractivity contribution in [1.82, 2.24) is 4.90 Å². The molecule has 90 valence electrons. The lowest BCUT2D eigenvalue weighted by Crippen LogP contribution is -2.58. The highest BCUT2D eigenvalue weighted by molar-refractivity contribution is 5.91. The van der Waals surface area contributed by atoms with E-state index in [0.717, 1.165) is 19.4 Å². The molecule has 0 aromatic heterocycles. The zero-order valence-electron chi connectivity index (χ0n) is 10.7. The predicted octanol–water partition coefficient (Wildman–Crippen LogP) is 1.86. The Morgan fingerprint density at radius 1 is 1.25 bits per heavy atom. The van der Waals surface area contributed by atoms with Crippen molar-refractivity contribution in [3.63, 3.8) is 0 Å². The van der Waals surface area contributed by atoms with Crippen molar-refractivity contribution < 1.29 is 9.59 Å². The fourth-order valence-electron chi connectivity index (χ4n) is 3.66. The average Bonchev–Trinajstić information content (AvgIpc) is 2.21. The number of carbonyl (C=O) groups excluding carboxylic acids is 2. The topological polar surface area (TPSA) is 37.4 Å². The van der Waals surface area contributed by atoms with Crippen molar-refractivity contribution in [3.8, 4) is 0 Å². The first-order valence-corrected chi connectivity index (χ1v) is 6.09. The summed E-state index contributed by atoms with van der Waals surface area (Å²) in [6.07, 6.45) is 2.24. The van der Waals surface area contributed by atoms with Crippen molar-refractivity contribution in [2.45, 2.75) is 40.0 Å². The Labute approximate surface area is 97.2 Å². The Morgan fingerprint density at radius 2 is 1.88 bits per heavy atom. The van der Waals surface area contributed by atoms with Crippen LogP contribution in [-0.4, -0.2) is 30.2 Å². The molecule has 0 aromatic carbocycles. The number of ketones is 1. The fraction of sp³-hybridized carbons (Fsp3) is 0.846. The number of rotatable bonds is 0. The van der Waals surface area contributed by atoms with E-state index >= 15 is 0 Å². The number of hydrogen-bond acceptors (Lipinski definition) is 2. The summed E-state index contributed by atoms with van der Waals surface area (Å²) >= 11 is 0. The molecule has 1 saturated carbocycles. The normalized spacial score (nSPS) is 38.5. The quantitative estimate of drug-likeness (QED) is 0.628. The predicted molar refractivity (Wildman–Crippen MR) is 61.9 cm³/mol. The van der Waals surface area contributed by atoms with Crippen molar-refractivity contribution in [2.24, 2.45) is 16.7 Å². The van der Waals surface area contributed by atoms with Gasteiger partial charge in [0, 0.05) is 25.4 Å². The average molecular weight is 223 g/mol. The van der Waals surface area contributed by atoms with Crippen LogP contribution in [0, 0.1) is 16.7 Å². The summed E-state index contributed by atoms with van der Waals surface area (Å²) in [6, 6.07) is 0. The Hall–Kier alpha value is -0.860. The molecule has 1 heterocycles. The third-order valence-electron chi connectivity index (χ3n) is 4.82. The first kappa shape index (κ1) is 11.6. The lowest BCUT2D eigenvalue weighted by Gasteiger charge is -2.53. The highest BCUT2D eigenvalue weighted by atomic mass is 16.2. The van der Waals surface area contributed by atoms with Gasteiger partial charge in [0.15, 0.2) is 0 Å². The largest absolute Gasteiger partial charge is 0.345 e. The van der Waals surface area contributed by atoms with Crippen molar-refractivity contribution in [2.75, 3.05) is 13.6 Å². The van der Waals surface area contributed by atoms with E-state index in [0.29, 0.717) is 12.2 Å². The lowest BCUT2D eigenvalue weighted by atomic mass is 9.53. The number of likely N-dealkylation sites (tertiary alicyclic amines) is 1. The molecule has 0 radical (unpaired) electrons. The second-order valence-electron chi connectivity index (χ2n) is 6.13. The van der Waals surface area contributed by atoms with Gasteiger partial charge in [-0.05, 0) is 18.8 Å². The summed E-state index contributed by atoms with van der Waals surface area (Å²) in [4.78, 5) is 26.1. The molecule has 0 N–H and O–H groups in total. The Balaban J connectivity index is 2.40. The Bertz CT molecular complexity index is 348. The minimum Gasteiger partial charge on any atom is -0.345 e. The van der Waals surface area contributed by atoms with Crippen LogP contribution in [0.15, 0.2) is 0 Å². The molecule has 16 heavy (non-hydrogen) atoms. The van der Waals surface area contributed by atoms with E-state index < -0.39 is 0 Å². The van der Waals surface area contributed by atoms with Crippen LogP contribution in [0.3, 0.4) is 0 Å². The van der Waals surface area contributed by atoms with E-state index in [4.69, 9.17) is 0 Å². The molecule has 2 fully saturated rings. The first-order valence-electron chi connectivity index (χ1n) is 6.09. The molecular weight excluding hydrogens is 202 g/mol. The number of nitrogens with zero attached hydrogens (tertiary/aromatic N) is 1. The second kappa shape index (κ2) is 3.31. The van der Waals surface area contributed by atoms with Gasteiger partial charge in [-0.2, -0.15) is 0 Å². The van der Waals surface area contributed by atoms with E-state index in [-0.39, 0.29) is 22.7 Å². The zero-order valence-corrected chi connectivity index (χ0v) is 10.7. The van der Waals surface area contributed by atoms with Gasteiger partial charge in [-0.15, -0.1) is 0 Å². The number of carbonyl (C=O) groups is 2. The van der Waals surface area contributed by atoms with E-state index in [2.05, 4.69) is 0 Å². The molecular formula is C13H21NO2. The standard InChI is InChI=1S/C13H21NO2/c1-12(2)9-6-8-14(4)11(16)13(9,3)7-5-10(12)15/h9H,5-8H2,1-4H3/t9-,13-/m0/s1. The molecule has 0 unspecified atom stereocenters. The molecule has 1 amide bonds. The van der Waals surface area contributed by atoms with Crippen LogP contribution in [0.5, 0.6) is 0 Å². The van der Waals surface area contributed by atoms with Crippen LogP contribution in [-0.2, 0) is 9.59 Å². The van der Waals surface area contributed by atoms with Crippen LogP contribution in [0.1, 0.15) is 40.0 Å². The molecule has 2 rings (SSSR count). The molecule has 3 nitrogen and oxygen atoms in total. The second-order valence-corrected chi connectivity index (χ2v) is 6.13. The van der Waals surface area contributed by atoms with Crippen LogP contribution >= 0.6 is 0 Å². The molecule has 1 aliphatic carbocycles. The van der Waals surface area contributed by atoms with Crippen LogP contribution in [0.4, 0.5) is 0 Å². The maximum Gasteiger partial charge on any atom is 0.228 e. The number of piperidine rings is 1. The fourth-order valence-corrected chi connectivity index (χ4v) is 3.66. The Kier molecular flexibility index (Phi) is 2.41. The van der Waals surface area contributed by atoms with Gasteiger partial charge in [-0.1, -0.05) is 20.8 Å². The van der Waals surface area contributed by atoms with Gasteiger partial charge in [0.05, 0.1) is 5.41 Å². The van der Waals surface area contributed by atoms with Gasteiger partial charge in [0.1, 0.15) is 5.78 Å². The maximum absolute atomic E-state index is 12.3. The van der Waals surface area contributed by atoms with Gasteiger partial charge >= 0.3 is 0 Å². The minimum absolute atomic E-state index is 0.213. The smallest absolute Gasteiger partial charge is 0.228 e. The summed E-state index contributed by atoms with van der Waals surface area (Å²) in [7, 11) is 1.87. The van der Waals surface area contributed by atoms with Gasteiger partial charge in [0.25, 0.3) is 0 Å². The van der Waals surface area contributed by atoms with Gasteiger partial charge in [-0.3, -0.25) is 9.59 Å². The monoisotopic (exact) mass is 223 g/mol. The van der Waals surface area contributed by atoms with Crippen molar-refractivity contribution in [1.29, 1.82) is 0 Å². The van der Waals surface area contributed by atoms with E-state index in [1.54, 1.807) is 0 Å². The van der Waals surface area contributed by atoms with E-state index in [1.807, 2.05) is 32.7 Å². The molecule has 2 atom stereocenters. The van der Waals surface area contributed by atoms with Gasteiger partial charge in [0.2, 0.25) is 5.91 Å². The number of fused-ring (bicyclic) bond motifs is 1. The number of Topliss-reactive ketones (excluding diaryl/α,β-unsaturated/α-hetero) is 1. The summed E-state index contributed by atoms with van der Waals surface area (Å²) in [5.41, 5.74) is -0.645. The first-order chi connectivity index (χ1) is 7.30. The zero-order chi connectivity index (χ0) is 12.1. The Morgan fingerprint density at radius 3 is 2.50 bits per heavy atom. The molecule has 0 aromatic rings. The molecule has 0 spiro atoms. The highest BCUT2D eigenvalue weighted by Gasteiger charge is 2.56. The van der Waals surface area contributed by atoms with E-state index in [1.165, 1.54) is 0 Å². The molecule has 3 heteroatoms. The SMILES string of the molecule is CN1CC[C@H]2C(C)(C)C(=O)CC[C@]2(C)C1=O.